The van der Waals surface area contributed by atoms with E-state index in [1.165, 1.54) is 11.6 Å². The second-order valence-corrected chi connectivity index (χ2v) is 8.47. The summed E-state index contributed by atoms with van der Waals surface area (Å²) in [6.07, 6.45) is 1.63. The number of carbonyl (C=O) groups is 2. The highest BCUT2D eigenvalue weighted by atomic mass is 16.4. The summed E-state index contributed by atoms with van der Waals surface area (Å²) in [7, 11) is 3.84. The van der Waals surface area contributed by atoms with E-state index in [2.05, 4.69) is 18.9 Å². The molecule has 6 nitrogen and oxygen atoms in total. The van der Waals surface area contributed by atoms with Gasteiger partial charge < -0.3 is 20.0 Å². The van der Waals surface area contributed by atoms with Gasteiger partial charge in [0.2, 0.25) is 0 Å². The van der Waals surface area contributed by atoms with Crippen LogP contribution in [0.4, 0.5) is 0 Å². The molecule has 29 heavy (non-hydrogen) atoms. The molecule has 152 valence electrons. The van der Waals surface area contributed by atoms with Crippen molar-refractivity contribution in [3.63, 3.8) is 0 Å². The number of piperidine rings is 1. The van der Waals surface area contributed by atoms with Crippen LogP contribution in [0.25, 0.3) is 0 Å². The number of likely N-dealkylation sites (N-methyl/N-ethyl adjacent to an activating group) is 2. The number of phenolic OH excluding ortho intramolecular Hbond substituents is 1. The van der Waals surface area contributed by atoms with E-state index in [-0.39, 0.29) is 40.3 Å². The van der Waals surface area contributed by atoms with Crippen molar-refractivity contribution < 1.29 is 19.8 Å². The number of nitrogens with zero attached hydrogens (tertiary/aromatic N) is 2. The number of carboxylic acid groups (broad SMARTS) is 1. The van der Waals surface area contributed by atoms with E-state index in [1.54, 1.807) is 36.2 Å². The Morgan fingerprint density at radius 1 is 1.17 bits per heavy atom. The van der Waals surface area contributed by atoms with E-state index in [1.807, 2.05) is 12.1 Å². The maximum atomic E-state index is 13.4. The minimum absolute atomic E-state index is 0.0156. The van der Waals surface area contributed by atoms with E-state index in [4.69, 9.17) is 0 Å². The molecular formula is C23H26N2O4. The molecule has 0 aromatic heterocycles. The number of carboxylic acids is 1. The van der Waals surface area contributed by atoms with E-state index < -0.39 is 5.97 Å². The highest BCUT2D eigenvalue weighted by molar-refractivity contribution is 6.04. The van der Waals surface area contributed by atoms with Gasteiger partial charge in [0.15, 0.2) is 0 Å². The van der Waals surface area contributed by atoms with Gasteiger partial charge in [0.1, 0.15) is 5.75 Å². The number of aromatic carboxylic acids is 1. The molecule has 0 saturated carbocycles. The summed E-state index contributed by atoms with van der Waals surface area (Å²) in [5.74, 6) is -1.17. The van der Waals surface area contributed by atoms with Gasteiger partial charge in [0.25, 0.3) is 5.91 Å². The Hall–Kier alpha value is -2.86. The van der Waals surface area contributed by atoms with Crippen LogP contribution in [0.5, 0.6) is 5.75 Å². The zero-order valence-electron chi connectivity index (χ0n) is 16.9. The number of benzene rings is 2. The molecule has 2 N–H and O–H groups in total. The van der Waals surface area contributed by atoms with Gasteiger partial charge in [-0.1, -0.05) is 25.1 Å². The standard InChI is InChI=1S/C23H26N2O4/c1-23-10-11-24(2)19(12-14-8-9-15(26)13-18(14)23)20(23)25(3)21(27)16-6-4-5-7-17(16)22(28)29/h4-9,13,19-20,26H,10-12H2,1-3H3,(H,28,29)/t19?,20-,23-/m0/s1. The number of carbonyl (C=O) groups excluding carboxylic acids is 1. The molecule has 2 aromatic carbocycles. The van der Waals surface area contributed by atoms with Crippen molar-refractivity contribution in [2.24, 2.45) is 0 Å². The van der Waals surface area contributed by atoms with Crippen LogP contribution in [0.15, 0.2) is 42.5 Å². The molecule has 0 spiro atoms. The average Bonchev–Trinajstić information content (AvgIpc) is 2.70. The predicted octanol–water partition coefficient (Wildman–Crippen LogP) is 2.75. The first-order valence-electron chi connectivity index (χ1n) is 9.86. The summed E-state index contributed by atoms with van der Waals surface area (Å²) < 4.78 is 0. The summed E-state index contributed by atoms with van der Waals surface area (Å²) in [6, 6.07) is 11.9. The second kappa shape index (κ2) is 6.88. The van der Waals surface area contributed by atoms with Crippen LogP contribution < -0.4 is 0 Å². The number of fused-ring (bicyclic) bond motifs is 4. The van der Waals surface area contributed by atoms with Crippen molar-refractivity contribution in [2.45, 2.75) is 37.3 Å². The zero-order chi connectivity index (χ0) is 20.9. The highest BCUT2D eigenvalue weighted by Gasteiger charge is 2.52. The maximum absolute atomic E-state index is 13.4. The third-order valence-electron chi connectivity index (χ3n) is 6.83. The summed E-state index contributed by atoms with van der Waals surface area (Å²) in [4.78, 5) is 29.1. The van der Waals surface area contributed by atoms with Crippen LogP contribution in [-0.4, -0.2) is 64.6 Å². The average molecular weight is 394 g/mol. The first-order chi connectivity index (χ1) is 13.7. The largest absolute Gasteiger partial charge is 0.508 e. The molecule has 1 unspecified atom stereocenters. The lowest BCUT2D eigenvalue weighted by Gasteiger charge is -2.57. The monoisotopic (exact) mass is 394 g/mol. The second-order valence-electron chi connectivity index (χ2n) is 8.47. The van der Waals surface area contributed by atoms with Gasteiger partial charge in [-0.2, -0.15) is 0 Å². The summed E-state index contributed by atoms with van der Waals surface area (Å²) in [5.41, 5.74) is 2.17. The Labute approximate surface area is 170 Å². The van der Waals surface area contributed by atoms with Gasteiger partial charge >= 0.3 is 5.97 Å². The van der Waals surface area contributed by atoms with Crippen LogP contribution in [0.1, 0.15) is 45.2 Å². The molecular weight excluding hydrogens is 368 g/mol. The molecule has 0 radical (unpaired) electrons. The normalized spacial score (nSPS) is 25.9. The Kier molecular flexibility index (Phi) is 4.62. The van der Waals surface area contributed by atoms with Gasteiger partial charge in [-0.05, 0) is 61.8 Å². The van der Waals surface area contributed by atoms with E-state index in [0.717, 1.165) is 24.9 Å². The van der Waals surface area contributed by atoms with E-state index >= 15 is 0 Å². The Balaban J connectivity index is 1.79. The minimum Gasteiger partial charge on any atom is -0.508 e. The molecule has 2 aromatic rings. The molecule has 6 heteroatoms. The lowest BCUT2D eigenvalue weighted by Crippen LogP contribution is -2.67. The number of rotatable bonds is 3. The molecule has 1 aliphatic carbocycles. The first kappa shape index (κ1) is 19.5. The van der Waals surface area contributed by atoms with Crippen molar-refractivity contribution >= 4 is 11.9 Å². The highest BCUT2D eigenvalue weighted by Crippen LogP contribution is 2.47. The van der Waals surface area contributed by atoms with Crippen molar-refractivity contribution in [3.8, 4) is 5.75 Å². The van der Waals surface area contributed by atoms with Crippen LogP contribution in [-0.2, 0) is 11.8 Å². The van der Waals surface area contributed by atoms with Crippen molar-refractivity contribution in [3.05, 3.63) is 64.7 Å². The Morgan fingerprint density at radius 2 is 1.86 bits per heavy atom. The van der Waals surface area contributed by atoms with Crippen LogP contribution in [0, 0.1) is 0 Å². The van der Waals surface area contributed by atoms with E-state index in [0.29, 0.717) is 0 Å². The fraction of sp³-hybridized carbons (Fsp3) is 0.391. The number of aromatic hydroxyl groups is 1. The summed E-state index contributed by atoms with van der Waals surface area (Å²) >= 11 is 0. The Morgan fingerprint density at radius 3 is 2.55 bits per heavy atom. The van der Waals surface area contributed by atoms with Crippen molar-refractivity contribution in [1.29, 1.82) is 0 Å². The Bertz CT molecular complexity index is 989. The van der Waals surface area contributed by atoms with E-state index in [9.17, 15) is 19.8 Å². The van der Waals surface area contributed by atoms with Crippen LogP contribution >= 0.6 is 0 Å². The predicted molar refractivity (Wildman–Crippen MR) is 109 cm³/mol. The molecule has 1 saturated heterocycles. The fourth-order valence-electron chi connectivity index (χ4n) is 5.31. The van der Waals surface area contributed by atoms with Crippen LogP contribution in [0.2, 0.25) is 0 Å². The lowest BCUT2D eigenvalue weighted by atomic mass is 9.61. The number of hydrogen-bond acceptors (Lipinski definition) is 4. The van der Waals surface area contributed by atoms with Gasteiger partial charge in [-0.3, -0.25) is 4.79 Å². The lowest BCUT2D eigenvalue weighted by molar-refractivity contribution is 0.00517. The number of hydrogen-bond donors (Lipinski definition) is 2. The third kappa shape index (κ3) is 2.99. The summed E-state index contributed by atoms with van der Waals surface area (Å²) in [5, 5.41) is 19.6. The molecule has 4 rings (SSSR count). The van der Waals surface area contributed by atoms with Gasteiger partial charge in [0, 0.05) is 18.5 Å². The quantitative estimate of drug-likeness (QED) is 0.837. The molecule has 3 atom stereocenters. The molecule has 2 aliphatic rings. The van der Waals surface area contributed by atoms with Gasteiger partial charge in [-0.15, -0.1) is 0 Å². The SMILES string of the molecule is CN1CC[C@@]2(C)c3cc(O)ccc3CC1[C@@H]2N(C)C(=O)c1ccccc1C(=O)O. The molecule has 1 fully saturated rings. The van der Waals surface area contributed by atoms with Gasteiger partial charge in [0.05, 0.1) is 17.2 Å². The fourth-order valence-corrected chi connectivity index (χ4v) is 5.31. The third-order valence-corrected chi connectivity index (χ3v) is 6.83. The molecule has 1 amide bonds. The molecule has 1 aliphatic heterocycles. The smallest absolute Gasteiger partial charge is 0.336 e. The minimum atomic E-state index is -1.11. The zero-order valence-corrected chi connectivity index (χ0v) is 16.9. The first-order valence-corrected chi connectivity index (χ1v) is 9.86. The van der Waals surface area contributed by atoms with Crippen molar-refractivity contribution in [1.82, 2.24) is 9.80 Å². The number of likely N-dealkylation sites (tertiary alicyclic amines) is 1. The topological polar surface area (TPSA) is 81.1 Å². The maximum Gasteiger partial charge on any atom is 0.336 e. The van der Waals surface area contributed by atoms with Crippen LogP contribution in [0.3, 0.4) is 0 Å². The molecule has 1 heterocycles. The summed E-state index contributed by atoms with van der Waals surface area (Å²) in [6.45, 7) is 3.06. The number of amides is 1. The molecule has 2 bridgehead atoms. The van der Waals surface area contributed by atoms with Gasteiger partial charge in [-0.25, -0.2) is 4.79 Å². The number of phenols is 1. The van der Waals surface area contributed by atoms with Crippen molar-refractivity contribution in [2.75, 3.05) is 20.6 Å².